The summed E-state index contributed by atoms with van der Waals surface area (Å²) in [6, 6.07) is 5.73. The molecule has 92 valence electrons. The number of nitrogens with one attached hydrogen (secondary N) is 1. The number of methoxy groups -OCH3 is 2. The highest BCUT2D eigenvalue weighted by molar-refractivity contribution is 5.81. The van der Waals surface area contributed by atoms with Gasteiger partial charge in [-0.05, 0) is 19.1 Å². The maximum atomic E-state index is 5.67. The molecule has 0 aromatic heterocycles. The summed E-state index contributed by atoms with van der Waals surface area (Å²) in [4.78, 5) is 4.18. The van der Waals surface area contributed by atoms with E-state index in [4.69, 9.17) is 15.2 Å². The molecule has 0 amide bonds. The minimum absolute atomic E-state index is 0.318. The third kappa shape index (κ3) is 2.00. The molecule has 0 saturated heterocycles. The van der Waals surface area contributed by atoms with Crippen molar-refractivity contribution in [3.63, 3.8) is 0 Å². The molecule has 0 aliphatic carbocycles. The lowest BCUT2D eigenvalue weighted by Gasteiger charge is -2.26. The molecule has 1 unspecified atom stereocenters. The molecule has 0 radical (unpaired) electrons. The van der Waals surface area contributed by atoms with E-state index in [9.17, 15) is 0 Å². The molecule has 0 saturated carbocycles. The zero-order chi connectivity index (χ0) is 12.5. The van der Waals surface area contributed by atoms with Gasteiger partial charge in [0.15, 0.2) is 5.96 Å². The number of benzene rings is 1. The van der Waals surface area contributed by atoms with Gasteiger partial charge in [-0.15, -0.1) is 0 Å². The quantitative estimate of drug-likeness (QED) is 0.814. The minimum Gasteiger partial charge on any atom is -0.497 e. The number of hydrogen-bond acceptors (Lipinski definition) is 5. The first-order chi connectivity index (χ1) is 8.09. The summed E-state index contributed by atoms with van der Waals surface area (Å²) in [5.74, 6) is 2.00. The molecule has 2 rings (SSSR count). The van der Waals surface area contributed by atoms with Crippen molar-refractivity contribution in [3.05, 3.63) is 23.8 Å². The van der Waals surface area contributed by atoms with Crippen molar-refractivity contribution in [3.8, 4) is 11.5 Å². The van der Waals surface area contributed by atoms with Crippen LogP contribution in [0.1, 0.15) is 12.5 Å². The summed E-state index contributed by atoms with van der Waals surface area (Å²) >= 11 is 0. The predicted octanol–water partition coefficient (Wildman–Crippen LogP) is 0.837. The molecule has 17 heavy (non-hydrogen) atoms. The first-order valence-electron chi connectivity index (χ1n) is 5.39. The van der Waals surface area contributed by atoms with E-state index in [1.807, 2.05) is 25.1 Å². The van der Waals surface area contributed by atoms with Crippen molar-refractivity contribution < 1.29 is 9.47 Å². The van der Waals surface area contributed by atoms with Gasteiger partial charge in [-0.2, -0.15) is 0 Å². The molecule has 1 aromatic rings. The van der Waals surface area contributed by atoms with Crippen molar-refractivity contribution in [1.82, 2.24) is 5.32 Å². The zero-order valence-corrected chi connectivity index (χ0v) is 10.3. The number of hydrogen-bond donors (Lipinski definition) is 2. The van der Waals surface area contributed by atoms with Crippen LogP contribution in [0.2, 0.25) is 0 Å². The Morgan fingerprint density at radius 3 is 2.65 bits per heavy atom. The molecule has 1 heterocycles. The Morgan fingerprint density at radius 2 is 2.12 bits per heavy atom. The lowest BCUT2D eigenvalue weighted by Crippen LogP contribution is -2.43. The number of guanidine groups is 1. The van der Waals surface area contributed by atoms with Crippen LogP contribution in [0, 0.1) is 0 Å². The van der Waals surface area contributed by atoms with Gasteiger partial charge in [0, 0.05) is 11.6 Å². The molecule has 3 N–H and O–H groups in total. The standard InChI is InChI=1S/C12H17N3O2/c1-12(7-14-11(13)15-12)9-5-4-8(16-2)6-10(9)17-3/h4-6H,7H2,1-3H3,(H3,13,14,15). The molecule has 1 atom stereocenters. The first kappa shape index (κ1) is 11.6. The van der Waals surface area contributed by atoms with Gasteiger partial charge in [-0.3, -0.25) is 4.99 Å². The van der Waals surface area contributed by atoms with Crippen LogP contribution >= 0.6 is 0 Å². The molecule has 1 aliphatic rings. The lowest BCUT2D eigenvalue weighted by atomic mass is 9.92. The fourth-order valence-electron chi connectivity index (χ4n) is 2.01. The van der Waals surface area contributed by atoms with Gasteiger partial charge in [0.1, 0.15) is 11.5 Å². The van der Waals surface area contributed by atoms with Gasteiger partial charge >= 0.3 is 0 Å². The first-order valence-corrected chi connectivity index (χ1v) is 5.39. The van der Waals surface area contributed by atoms with Crippen molar-refractivity contribution in [2.24, 2.45) is 10.7 Å². The fraction of sp³-hybridized carbons (Fsp3) is 0.417. The van der Waals surface area contributed by atoms with E-state index in [1.54, 1.807) is 14.2 Å². The topological polar surface area (TPSA) is 68.9 Å². The summed E-state index contributed by atoms with van der Waals surface area (Å²) in [5, 5.41) is 3.17. The third-order valence-corrected chi connectivity index (χ3v) is 2.97. The Morgan fingerprint density at radius 1 is 1.35 bits per heavy atom. The number of rotatable bonds is 3. The Kier molecular flexibility index (Phi) is 2.83. The largest absolute Gasteiger partial charge is 0.497 e. The molecule has 5 heteroatoms. The minimum atomic E-state index is -0.318. The second-order valence-corrected chi connectivity index (χ2v) is 4.22. The average molecular weight is 235 g/mol. The average Bonchev–Trinajstić information content (AvgIpc) is 2.69. The monoisotopic (exact) mass is 235 g/mol. The highest BCUT2D eigenvalue weighted by Crippen LogP contribution is 2.34. The van der Waals surface area contributed by atoms with Crippen molar-refractivity contribution in [2.45, 2.75) is 12.5 Å². The second-order valence-electron chi connectivity index (χ2n) is 4.22. The lowest BCUT2D eigenvalue weighted by molar-refractivity contribution is 0.373. The molecular weight excluding hydrogens is 218 g/mol. The highest BCUT2D eigenvalue weighted by atomic mass is 16.5. The van der Waals surface area contributed by atoms with Gasteiger partial charge in [-0.25, -0.2) is 0 Å². The van der Waals surface area contributed by atoms with Crippen LogP contribution in [0.25, 0.3) is 0 Å². The summed E-state index contributed by atoms with van der Waals surface area (Å²) < 4.78 is 10.6. The normalized spacial score (nSPS) is 22.9. The van der Waals surface area contributed by atoms with Gasteiger partial charge in [0.05, 0.1) is 26.3 Å². The Labute approximate surface area is 101 Å². The molecular formula is C12H17N3O2. The van der Waals surface area contributed by atoms with Crippen LogP contribution < -0.4 is 20.5 Å². The number of nitrogens with zero attached hydrogens (tertiary/aromatic N) is 1. The Hall–Kier alpha value is -1.91. The Bertz CT molecular complexity index is 459. The molecule has 0 fully saturated rings. The summed E-state index contributed by atoms with van der Waals surface area (Å²) in [6.45, 7) is 2.64. The summed E-state index contributed by atoms with van der Waals surface area (Å²) in [6.07, 6.45) is 0. The van der Waals surface area contributed by atoms with Crippen LogP contribution in [-0.4, -0.2) is 26.7 Å². The molecule has 1 aliphatic heterocycles. The van der Waals surface area contributed by atoms with E-state index in [0.717, 1.165) is 17.1 Å². The number of nitrogens with two attached hydrogens (primary N) is 1. The van der Waals surface area contributed by atoms with Gasteiger partial charge < -0.3 is 20.5 Å². The van der Waals surface area contributed by atoms with E-state index in [0.29, 0.717) is 12.5 Å². The van der Waals surface area contributed by atoms with Crippen LogP contribution in [0.5, 0.6) is 11.5 Å². The van der Waals surface area contributed by atoms with Gasteiger partial charge in [0.25, 0.3) is 0 Å². The van der Waals surface area contributed by atoms with Crippen molar-refractivity contribution >= 4 is 5.96 Å². The number of aliphatic imine (C=N–C) groups is 1. The Balaban J connectivity index is 2.39. The van der Waals surface area contributed by atoms with E-state index < -0.39 is 0 Å². The third-order valence-electron chi connectivity index (χ3n) is 2.97. The molecule has 1 aromatic carbocycles. The summed E-state index contributed by atoms with van der Waals surface area (Å²) in [7, 11) is 3.27. The van der Waals surface area contributed by atoms with E-state index in [1.165, 1.54) is 0 Å². The SMILES string of the molecule is COc1ccc(C2(C)CN=C(N)N2)c(OC)c1. The van der Waals surface area contributed by atoms with Crippen LogP contribution in [-0.2, 0) is 5.54 Å². The van der Waals surface area contributed by atoms with Gasteiger partial charge in [-0.1, -0.05) is 0 Å². The fourth-order valence-corrected chi connectivity index (χ4v) is 2.01. The molecule has 5 nitrogen and oxygen atoms in total. The van der Waals surface area contributed by atoms with Crippen molar-refractivity contribution in [2.75, 3.05) is 20.8 Å². The van der Waals surface area contributed by atoms with Gasteiger partial charge in [0.2, 0.25) is 0 Å². The molecule has 0 bridgehead atoms. The van der Waals surface area contributed by atoms with E-state index in [-0.39, 0.29) is 5.54 Å². The van der Waals surface area contributed by atoms with E-state index in [2.05, 4.69) is 10.3 Å². The van der Waals surface area contributed by atoms with Crippen LogP contribution in [0.15, 0.2) is 23.2 Å². The van der Waals surface area contributed by atoms with E-state index >= 15 is 0 Å². The smallest absolute Gasteiger partial charge is 0.189 e. The zero-order valence-electron chi connectivity index (χ0n) is 10.3. The van der Waals surface area contributed by atoms with Crippen molar-refractivity contribution in [1.29, 1.82) is 0 Å². The predicted molar refractivity (Wildman–Crippen MR) is 66.5 cm³/mol. The molecule has 0 spiro atoms. The highest BCUT2D eigenvalue weighted by Gasteiger charge is 2.34. The summed E-state index contributed by atoms with van der Waals surface area (Å²) in [5.41, 5.74) is 6.37. The maximum Gasteiger partial charge on any atom is 0.189 e. The second kappa shape index (κ2) is 4.16. The van der Waals surface area contributed by atoms with Crippen LogP contribution in [0.3, 0.4) is 0 Å². The number of ether oxygens (including phenoxy) is 2. The maximum absolute atomic E-state index is 5.67. The van der Waals surface area contributed by atoms with Crippen LogP contribution in [0.4, 0.5) is 0 Å².